The maximum atomic E-state index is 12.7. The largest absolute Gasteiger partial charge is 0.341 e. The number of rotatable bonds is 4. The Morgan fingerprint density at radius 2 is 2.20 bits per heavy atom. The van der Waals surface area contributed by atoms with Crippen molar-refractivity contribution in [1.82, 2.24) is 14.9 Å². The van der Waals surface area contributed by atoms with Gasteiger partial charge in [0.1, 0.15) is 11.9 Å². The zero-order valence-electron chi connectivity index (χ0n) is 14.5. The molecule has 0 saturated carbocycles. The van der Waals surface area contributed by atoms with Gasteiger partial charge in [0.05, 0.1) is 4.90 Å². The third-order valence-electron chi connectivity index (χ3n) is 4.67. The van der Waals surface area contributed by atoms with Crippen LogP contribution in [0.3, 0.4) is 0 Å². The molecular weight excluding hydrogens is 340 g/mol. The number of benzene rings is 1. The first kappa shape index (κ1) is 17.9. The Labute approximate surface area is 148 Å². The minimum Gasteiger partial charge on any atom is -0.341 e. The molecule has 7 nitrogen and oxygen atoms in total. The van der Waals surface area contributed by atoms with Crippen LogP contribution in [-0.4, -0.2) is 57.8 Å². The SMILES string of the molecule is CNCC1CCCN(C(=O)C(C)N=C2NS(=O)(=O)c3ccccc32)C1. The van der Waals surface area contributed by atoms with Gasteiger partial charge in [-0.3, -0.25) is 14.5 Å². The van der Waals surface area contributed by atoms with Gasteiger partial charge in [0.15, 0.2) is 0 Å². The number of aliphatic imine (C=N–C) groups is 1. The van der Waals surface area contributed by atoms with Crippen molar-refractivity contribution in [3.63, 3.8) is 0 Å². The third-order valence-corrected chi connectivity index (χ3v) is 6.06. The second-order valence-electron chi connectivity index (χ2n) is 6.61. The lowest BCUT2D eigenvalue weighted by molar-refractivity contribution is -0.133. The molecule has 2 heterocycles. The average Bonchev–Trinajstić information content (AvgIpc) is 2.86. The number of amidine groups is 1. The standard InChI is InChI=1S/C17H24N4O3S/c1-12(17(22)21-9-5-6-13(11-21)10-18-2)19-16-14-7-3-4-8-15(14)25(23,24)20-16/h3-4,7-8,12-13,18H,5-6,9-11H2,1-2H3,(H,19,20). The van der Waals surface area contributed by atoms with Crippen molar-refractivity contribution in [2.24, 2.45) is 10.9 Å². The van der Waals surface area contributed by atoms with E-state index < -0.39 is 16.1 Å². The Morgan fingerprint density at radius 3 is 2.96 bits per heavy atom. The number of nitrogens with one attached hydrogen (secondary N) is 2. The van der Waals surface area contributed by atoms with Gasteiger partial charge in [-0.25, -0.2) is 8.42 Å². The highest BCUT2D eigenvalue weighted by atomic mass is 32.2. The van der Waals surface area contributed by atoms with Gasteiger partial charge < -0.3 is 10.2 Å². The van der Waals surface area contributed by atoms with Crippen LogP contribution in [0.5, 0.6) is 0 Å². The van der Waals surface area contributed by atoms with Crippen molar-refractivity contribution in [3.8, 4) is 0 Å². The van der Waals surface area contributed by atoms with E-state index in [2.05, 4.69) is 15.0 Å². The van der Waals surface area contributed by atoms with E-state index in [0.717, 1.165) is 32.5 Å². The number of carbonyl (C=O) groups is 1. The van der Waals surface area contributed by atoms with Gasteiger partial charge in [-0.1, -0.05) is 12.1 Å². The molecule has 1 aromatic rings. The van der Waals surface area contributed by atoms with Crippen molar-refractivity contribution < 1.29 is 13.2 Å². The van der Waals surface area contributed by atoms with Crippen LogP contribution in [0.1, 0.15) is 25.3 Å². The highest BCUT2D eigenvalue weighted by molar-refractivity contribution is 7.90. The number of hydrogen-bond acceptors (Lipinski definition) is 5. The van der Waals surface area contributed by atoms with Crippen LogP contribution < -0.4 is 10.0 Å². The van der Waals surface area contributed by atoms with Crippen LogP contribution in [-0.2, 0) is 14.8 Å². The highest BCUT2D eigenvalue weighted by Crippen LogP contribution is 2.23. The summed E-state index contributed by atoms with van der Waals surface area (Å²) in [5, 5.41) is 3.16. The van der Waals surface area contributed by atoms with E-state index >= 15 is 0 Å². The lowest BCUT2D eigenvalue weighted by atomic mass is 9.97. The number of piperidine rings is 1. The summed E-state index contributed by atoms with van der Waals surface area (Å²) in [6.45, 7) is 4.06. The molecular formula is C17H24N4O3S. The number of hydrogen-bond donors (Lipinski definition) is 2. The van der Waals surface area contributed by atoms with Crippen molar-refractivity contribution in [1.29, 1.82) is 0 Å². The molecule has 3 rings (SSSR count). The Kier molecular flexibility index (Phi) is 5.10. The lowest BCUT2D eigenvalue weighted by Crippen LogP contribution is -2.46. The number of carbonyl (C=O) groups excluding carboxylic acids is 1. The zero-order valence-corrected chi connectivity index (χ0v) is 15.3. The molecule has 1 saturated heterocycles. The molecule has 25 heavy (non-hydrogen) atoms. The number of fused-ring (bicyclic) bond motifs is 1. The monoisotopic (exact) mass is 364 g/mol. The van der Waals surface area contributed by atoms with Crippen LogP contribution in [0.2, 0.25) is 0 Å². The van der Waals surface area contributed by atoms with E-state index in [1.807, 2.05) is 11.9 Å². The number of nitrogens with zero attached hydrogens (tertiary/aromatic N) is 2. The zero-order chi connectivity index (χ0) is 18.0. The quantitative estimate of drug-likeness (QED) is 0.817. The first-order valence-electron chi connectivity index (χ1n) is 8.56. The molecule has 0 bridgehead atoms. The molecule has 8 heteroatoms. The molecule has 1 aromatic carbocycles. The molecule has 2 N–H and O–H groups in total. The third kappa shape index (κ3) is 3.69. The van der Waals surface area contributed by atoms with E-state index in [0.29, 0.717) is 11.5 Å². The van der Waals surface area contributed by atoms with Gasteiger partial charge in [0, 0.05) is 18.7 Å². The van der Waals surface area contributed by atoms with Crippen molar-refractivity contribution in [3.05, 3.63) is 29.8 Å². The predicted molar refractivity (Wildman–Crippen MR) is 96.0 cm³/mol. The molecule has 2 atom stereocenters. The minimum absolute atomic E-state index is 0.0584. The molecule has 2 aliphatic heterocycles. The van der Waals surface area contributed by atoms with Crippen LogP contribution >= 0.6 is 0 Å². The summed E-state index contributed by atoms with van der Waals surface area (Å²) in [4.78, 5) is 19.2. The smallest absolute Gasteiger partial charge is 0.263 e. The second kappa shape index (κ2) is 7.13. The first-order chi connectivity index (χ1) is 11.9. The first-order valence-corrected chi connectivity index (χ1v) is 10.0. The predicted octanol–water partition coefficient (Wildman–Crippen LogP) is 0.572. The molecule has 2 unspecified atom stereocenters. The summed E-state index contributed by atoms with van der Waals surface area (Å²) >= 11 is 0. The summed E-state index contributed by atoms with van der Waals surface area (Å²) in [6.07, 6.45) is 2.09. The van der Waals surface area contributed by atoms with Gasteiger partial charge in [0.25, 0.3) is 10.0 Å². The average molecular weight is 364 g/mol. The molecule has 0 radical (unpaired) electrons. The fourth-order valence-electron chi connectivity index (χ4n) is 3.46. The summed E-state index contributed by atoms with van der Waals surface area (Å²) in [6, 6.07) is 6.05. The fraction of sp³-hybridized carbons (Fsp3) is 0.529. The molecule has 2 aliphatic rings. The van der Waals surface area contributed by atoms with Gasteiger partial charge >= 0.3 is 0 Å². The molecule has 136 valence electrons. The summed E-state index contributed by atoms with van der Waals surface area (Å²) in [5.41, 5.74) is 0.522. The van der Waals surface area contributed by atoms with Gasteiger partial charge in [-0.2, -0.15) is 0 Å². The van der Waals surface area contributed by atoms with Crippen LogP contribution in [0.25, 0.3) is 0 Å². The van der Waals surface area contributed by atoms with Crippen LogP contribution in [0.4, 0.5) is 0 Å². The second-order valence-corrected chi connectivity index (χ2v) is 8.26. The maximum absolute atomic E-state index is 12.7. The Bertz CT molecular complexity index is 789. The van der Waals surface area contributed by atoms with E-state index in [-0.39, 0.29) is 16.6 Å². The molecule has 1 fully saturated rings. The highest BCUT2D eigenvalue weighted by Gasteiger charge is 2.32. The molecule has 0 aliphatic carbocycles. The van der Waals surface area contributed by atoms with Crippen molar-refractivity contribution in [2.45, 2.75) is 30.7 Å². The van der Waals surface area contributed by atoms with Crippen LogP contribution in [0.15, 0.2) is 34.2 Å². The lowest BCUT2D eigenvalue weighted by Gasteiger charge is -2.33. The van der Waals surface area contributed by atoms with E-state index in [1.54, 1.807) is 31.2 Å². The molecule has 0 spiro atoms. The van der Waals surface area contributed by atoms with E-state index in [4.69, 9.17) is 0 Å². The van der Waals surface area contributed by atoms with Crippen molar-refractivity contribution >= 4 is 21.8 Å². The normalized spacial score (nSPS) is 24.6. The minimum atomic E-state index is -3.58. The summed E-state index contributed by atoms with van der Waals surface area (Å²) < 4.78 is 26.7. The van der Waals surface area contributed by atoms with E-state index in [9.17, 15) is 13.2 Å². The number of amides is 1. The van der Waals surface area contributed by atoms with E-state index in [1.165, 1.54) is 0 Å². The Balaban J connectivity index is 1.77. The Hall–Kier alpha value is -1.93. The van der Waals surface area contributed by atoms with Gasteiger partial charge in [-0.05, 0) is 51.4 Å². The molecule has 0 aromatic heterocycles. The molecule has 1 amide bonds. The Morgan fingerprint density at radius 1 is 1.44 bits per heavy atom. The van der Waals surface area contributed by atoms with Gasteiger partial charge in [-0.15, -0.1) is 0 Å². The summed E-state index contributed by atoms with van der Waals surface area (Å²) in [5.74, 6) is 0.644. The topological polar surface area (TPSA) is 90.9 Å². The summed E-state index contributed by atoms with van der Waals surface area (Å²) in [7, 11) is -1.67. The van der Waals surface area contributed by atoms with Gasteiger partial charge in [0.2, 0.25) is 5.91 Å². The number of likely N-dealkylation sites (tertiary alicyclic amines) is 1. The van der Waals surface area contributed by atoms with Crippen molar-refractivity contribution in [2.75, 3.05) is 26.7 Å². The van der Waals surface area contributed by atoms with Crippen LogP contribution in [0, 0.1) is 5.92 Å². The number of sulfonamides is 1. The fourth-order valence-corrected chi connectivity index (χ4v) is 4.70. The maximum Gasteiger partial charge on any atom is 0.263 e.